The van der Waals surface area contributed by atoms with Crippen molar-refractivity contribution in [2.75, 3.05) is 7.11 Å². The Kier molecular flexibility index (Phi) is 4.76. The lowest BCUT2D eigenvalue weighted by atomic mass is 10.1. The van der Waals surface area contributed by atoms with Crippen molar-refractivity contribution in [1.82, 2.24) is 15.5 Å². The maximum Gasteiger partial charge on any atom is 0.255 e. The molecule has 0 aliphatic heterocycles. The van der Waals surface area contributed by atoms with Gasteiger partial charge in [0.05, 0.1) is 19.2 Å². The van der Waals surface area contributed by atoms with E-state index in [4.69, 9.17) is 9.26 Å². The van der Waals surface area contributed by atoms with Crippen molar-refractivity contribution in [2.24, 2.45) is 0 Å². The number of carbonyl (C=O) groups is 1. The SMILES string of the molecule is COc1cc2ccccc2cc1C(=O)NCc1nc(-c2cccc(C)c2)no1. The van der Waals surface area contributed by atoms with E-state index in [0.29, 0.717) is 23.0 Å². The highest BCUT2D eigenvalue weighted by Crippen LogP contribution is 2.26. The van der Waals surface area contributed by atoms with E-state index >= 15 is 0 Å². The molecular formula is C22H19N3O3. The number of rotatable bonds is 5. The lowest BCUT2D eigenvalue weighted by molar-refractivity contribution is 0.0943. The van der Waals surface area contributed by atoms with Gasteiger partial charge in [-0.15, -0.1) is 0 Å². The van der Waals surface area contributed by atoms with Gasteiger partial charge in [0.25, 0.3) is 5.91 Å². The Morgan fingerprint density at radius 2 is 1.86 bits per heavy atom. The van der Waals surface area contributed by atoms with E-state index in [1.54, 1.807) is 7.11 Å². The summed E-state index contributed by atoms with van der Waals surface area (Å²) in [6.45, 7) is 2.13. The summed E-state index contributed by atoms with van der Waals surface area (Å²) in [5.41, 5.74) is 2.44. The fourth-order valence-corrected chi connectivity index (χ4v) is 3.04. The van der Waals surface area contributed by atoms with Gasteiger partial charge in [0.1, 0.15) is 5.75 Å². The van der Waals surface area contributed by atoms with Crippen molar-refractivity contribution in [2.45, 2.75) is 13.5 Å². The molecule has 1 amide bonds. The summed E-state index contributed by atoms with van der Waals surface area (Å²) in [6.07, 6.45) is 0. The Morgan fingerprint density at radius 3 is 2.61 bits per heavy atom. The van der Waals surface area contributed by atoms with Crippen LogP contribution in [-0.4, -0.2) is 23.2 Å². The monoisotopic (exact) mass is 373 g/mol. The van der Waals surface area contributed by atoms with Crippen LogP contribution < -0.4 is 10.1 Å². The Hall–Kier alpha value is -3.67. The first kappa shape index (κ1) is 17.7. The average molecular weight is 373 g/mol. The Balaban J connectivity index is 1.51. The number of hydrogen-bond acceptors (Lipinski definition) is 5. The predicted molar refractivity (Wildman–Crippen MR) is 106 cm³/mol. The molecule has 4 aromatic rings. The van der Waals surface area contributed by atoms with Gasteiger partial charge in [-0.05, 0) is 35.9 Å². The maximum absolute atomic E-state index is 12.7. The number of carbonyl (C=O) groups excluding carboxylic acids is 1. The van der Waals surface area contributed by atoms with Gasteiger partial charge in [0, 0.05) is 5.56 Å². The molecule has 140 valence electrons. The average Bonchev–Trinajstić information content (AvgIpc) is 3.20. The number of nitrogens with one attached hydrogen (secondary N) is 1. The minimum absolute atomic E-state index is 0.133. The summed E-state index contributed by atoms with van der Waals surface area (Å²) in [5.74, 6) is 1.08. The molecule has 1 heterocycles. The van der Waals surface area contributed by atoms with E-state index in [-0.39, 0.29) is 12.5 Å². The number of ether oxygens (including phenoxy) is 1. The van der Waals surface area contributed by atoms with E-state index in [1.165, 1.54) is 0 Å². The van der Waals surface area contributed by atoms with Gasteiger partial charge in [-0.3, -0.25) is 4.79 Å². The Bertz CT molecular complexity index is 1150. The molecule has 0 fully saturated rings. The molecule has 0 saturated heterocycles. The highest BCUT2D eigenvalue weighted by molar-refractivity contribution is 6.01. The molecule has 1 N–H and O–H groups in total. The van der Waals surface area contributed by atoms with Gasteiger partial charge in [-0.2, -0.15) is 4.98 Å². The number of nitrogens with zero attached hydrogens (tertiary/aromatic N) is 2. The molecule has 1 aromatic heterocycles. The van der Waals surface area contributed by atoms with Gasteiger partial charge in [0.15, 0.2) is 0 Å². The van der Waals surface area contributed by atoms with Crippen LogP contribution in [0, 0.1) is 6.92 Å². The van der Waals surface area contributed by atoms with Crippen LogP contribution in [0.4, 0.5) is 0 Å². The van der Waals surface area contributed by atoms with Crippen LogP contribution in [0.25, 0.3) is 22.2 Å². The van der Waals surface area contributed by atoms with Crippen LogP contribution >= 0.6 is 0 Å². The highest BCUT2D eigenvalue weighted by Gasteiger charge is 2.15. The molecule has 3 aromatic carbocycles. The molecule has 0 spiro atoms. The summed E-state index contributed by atoms with van der Waals surface area (Å²) in [6, 6.07) is 19.3. The quantitative estimate of drug-likeness (QED) is 0.569. The topological polar surface area (TPSA) is 77.2 Å². The molecule has 4 rings (SSSR count). The van der Waals surface area contributed by atoms with E-state index in [2.05, 4.69) is 15.5 Å². The van der Waals surface area contributed by atoms with E-state index in [1.807, 2.05) is 67.6 Å². The van der Waals surface area contributed by atoms with Crippen LogP contribution in [-0.2, 0) is 6.54 Å². The normalized spacial score (nSPS) is 10.8. The molecule has 0 bridgehead atoms. The first-order valence-electron chi connectivity index (χ1n) is 8.88. The first-order chi connectivity index (χ1) is 13.6. The molecule has 0 radical (unpaired) electrons. The van der Waals surface area contributed by atoms with Crippen molar-refractivity contribution >= 4 is 16.7 Å². The zero-order valence-electron chi connectivity index (χ0n) is 15.6. The predicted octanol–water partition coefficient (Wildman–Crippen LogP) is 4.14. The van der Waals surface area contributed by atoms with Crippen molar-refractivity contribution in [3.8, 4) is 17.1 Å². The van der Waals surface area contributed by atoms with Crippen LogP contribution in [0.1, 0.15) is 21.8 Å². The number of fused-ring (bicyclic) bond motifs is 1. The van der Waals surface area contributed by atoms with Crippen LogP contribution in [0.15, 0.2) is 65.2 Å². The van der Waals surface area contributed by atoms with E-state index in [9.17, 15) is 4.79 Å². The molecule has 6 nitrogen and oxygen atoms in total. The molecule has 0 aliphatic carbocycles. The van der Waals surface area contributed by atoms with Gasteiger partial charge in [-0.25, -0.2) is 0 Å². The third-order valence-corrected chi connectivity index (χ3v) is 4.46. The summed E-state index contributed by atoms with van der Waals surface area (Å²) < 4.78 is 10.7. The molecule has 0 unspecified atom stereocenters. The third-order valence-electron chi connectivity index (χ3n) is 4.46. The van der Waals surface area contributed by atoms with Gasteiger partial charge in [0.2, 0.25) is 11.7 Å². The Labute approximate surface area is 162 Å². The van der Waals surface area contributed by atoms with Gasteiger partial charge >= 0.3 is 0 Å². The van der Waals surface area contributed by atoms with Crippen LogP contribution in [0.5, 0.6) is 5.75 Å². The second-order valence-electron chi connectivity index (χ2n) is 6.46. The number of benzene rings is 3. The minimum Gasteiger partial charge on any atom is -0.496 e. The fraction of sp³-hybridized carbons (Fsp3) is 0.136. The summed E-state index contributed by atoms with van der Waals surface area (Å²) in [5, 5.41) is 8.78. The fourth-order valence-electron chi connectivity index (χ4n) is 3.04. The van der Waals surface area contributed by atoms with E-state index < -0.39 is 0 Å². The first-order valence-corrected chi connectivity index (χ1v) is 8.88. The largest absolute Gasteiger partial charge is 0.496 e. The summed E-state index contributed by atoms with van der Waals surface area (Å²) in [4.78, 5) is 17.0. The van der Waals surface area contributed by atoms with Crippen molar-refractivity contribution in [1.29, 1.82) is 0 Å². The lowest BCUT2D eigenvalue weighted by Gasteiger charge is -2.10. The molecule has 0 saturated carbocycles. The molecule has 28 heavy (non-hydrogen) atoms. The number of hydrogen-bond donors (Lipinski definition) is 1. The zero-order valence-corrected chi connectivity index (χ0v) is 15.6. The number of aryl methyl sites for hydroxylation is 1. The number of aromatic nitrogens is 2. The summed E-state index contributed by atoms with van der Waals surface area (Å²) in [7, 11) is 1.55. The smallest absolute Gasteiger partial charge is 0.255 e. The maximum atomic E-state index is 12.7. The molecule has 0 aliphatic rings. The summed E-state index contributed by atoms with van der Waals surface area (Å²) >= 11 is 0. The van der Waals surface area contributed by atoms with Gasteiger partial charge in [-0.1, -0.05) is 53.2 Å². The number of methoxy groups -OCH3 is 1. The highest BCUT2D eigenvalue weighted by atomic mass is 16.5. The number of amides is 1. The zero-order chi connectivity index (χ0) is 19.5. The molecule has 6 heteroatoms. The van der Waals surface area contributed by atoms with Crippen molar-refractivity contribution < 1.29 is 14.1 Å². The van der Waals surface area contributed by atoms with Crippen molar-refractivity contribution in [3.05, 3.63) is 77.7 Å². The molecule has 0 atom stereocenters. The van der Waals surface area contributed by atoms with Gasteiger partial charge < -0.3 is 14.6 Å². The van der Waals surface area contributed by atoms with Crippen LogP contribution in [0.2, 0.25) is 0 Å². The van der Waals surface area contributed by atoms with Crippen LogP contribution in [0.3, 0.4) is 0 Å². The Morgan fingerprint density at radius 1 is 1.07 bits per heavy atom. The standard InChI is InChI=1S/C22H19N3O3/c1-14-6-5-9-17(10-14)21-24-20(28-25-21)13-23-22(26)18-11-15-7-3-4-8-16(15)12-19(18)27-2/h3-12H,13H2,1-2H3,(H,23,26). The second kappa shape index (κ2) is 7.52. The minimum atomic E-state index is -0.266. The lowest BCUT2D eigenvalue weighted by Crippen LogP contribution is -2.23. The second-order valence-corrected chi connectivity index (χ2v) is 6.46. The third kappa shape index (κ3) is 3.57. The molecular weight excluding hydrogens is 354 g/mol. The van der Waals surface area contributed by atoms with Crippen molar-refractivity contribution in [3.63, 3.8) is 0 Å². The van der Waals surface area contributed by atoms with E-state index in [0.717, 1.165) is 21.9 Å².